The molecule has 0 aliphatic carbocycles. The van der Waals surface area contributed by atoms with Crippen LogP contribution in [0.2, 0.25) is 0 Å². The molecule has 0 bridgehead atoms. The summed E-state index contributed by atoms with van der Waals surface area (Å²) in [5.74, 6) is 0. The molecular formula is C6H12Cl2O7. The van der Waals surface area contributed by atoms with Gasteiger partial charge in [0.2, 0.25) is 0 Å². The molecule has 7 nitrogen and oxygen atoms in total. The van der Waals surface area contributed by atoms with Gasteiger partial charge in [-0.1, -0.05) is 0 Å². The summed E-state index contributed by atoms with van der Waals surface area (Å²) in [6, 6.07) is 0. The third-order valence-corrected chi connectivity index (χ3v) is 0.471. The van der Waals surface area contributed by atoms with Gasteiger partial charge in [-0.2, -0.15) is 0 Å². The average molecular weight is 267 g/mol. The lowest BCUT2D eigenvalue weighted by atomic mass is 10.7. The van der Waals surface area contributed by atoms with Crippen LogP contribution in [-0.4, -0.2) is 57.7 Å². The van der Waals surface area contributed by atoms with Crippen LogP contribution in [0.1, 0.15) is 0 Å². The normalized spacial score (nSPS) is 7.73. The van der Waals surface area contributed by atoms with Gasteiger partial charge in [-0.25, -0.2) is 9.59 Å². The van der Waals surface area contributed by atoms with Gasteiger partial charge in [0.1, 0.15) is 0 Å². The van der Waals surface area contributed by atoms with Gasteiger partial charge in [-0.05, 0) is 0 Å². The van der Waals surface area contributed by atoms with E-state index in [2.05, 4.69) is 27.9 Å². The van der Waals surface area contributed by atoms with Crippen molar-refractivity contribution in [1.82, 2.24) is 0 Å². The second-order valence-corrected chi connectivity index (χ2v) is 2.21. The van der Waals surface area contributed by atoms with Gasteiger partial charge in [-0.3, -0.25) is 0 Å². The summed E-state index contributed by atoms with van der Waals surface area (Å²) in [5, 5.41) is 30.5. The number of carboxylic acid groups (broad SMARTS) is 2. The van der Waals surface area contributed by atoms with Crippen molar-refractivity contribution in [3.05, 3.63) is 0 Å². The topological polar surface area (TPSA) is 124 Å². The van der Waals surface area contributed by atoms with E-state index in [4.69, 9.17) is 30.0 Å². The van der Waals surface area contributed by atoms with Crippen molar-refractivity contribution in [2.75, 3.05) is 26.4 Å². The Balaban J connectivity index is -0.000000155. The van der Waals surface area contributed by atoms with Crippen LogP contribution < -0.4 is 0 Å². The van der Waals surface area contributed by atoms with Crippen molar-refractivity contribution in [3.8, 4) is 0 Å². The van der Waals surface area contributed by atoms with E-state index in [0.717, 1.165) is 0 Å². The molecule has 0 atom stereocenters. The van der Waals surface area contributed by atoms with Gasteiger partial charge in [0, 0.05) is 23.2 Å². The Labute approximate surface area is 95.8 Å². The fourth-order valence-corrected chi connectivity index (χ4v) is 0.231. The van der Waals surface area contributed by atoms with Crippen LogP contribution in [-0.2, 0) is 4.74 Å². The Kier molecular flexibility index (Phi) is 25.3. The highest BCUT2D eigenvalue weighted by Gasteiger charge is 1.79. The lowest BCUT2D eigenvalue weighted by Crippen LogP contribution is -2.03. The summed E-state index contributed by atoms with van der Waals surface area (Å²) in [4.78, 5) is 17.5. The first-order chi connectivity index (χ1) is 6.88. The minimum atomic E-state index is -1.36. The molecule has 4 N–H and O–H groups in total. The van der Waals surface area contributed by atoms with Gasteiger partial charge < -0.3 is 25.2 Å². The number of carbonyl (C=O) groups is 2. The van der Waals surface area contributed by atoms with E-state index in [1.54, 1.807) is 0 Å². The monoisotopic (exact) mass is 266 g/mol. The molecule has 0 rings (SSSR count). The molecular weight excluding hydrogens is 255 g/mol. The van der Waals surface area contributed by atoms with E-state index in [-0.39, 0.29) is 13.2 Å². The molecule has 0 aliphatic heterocycles. The second kappa shape index (κ2) is 19.0. The molecule has 0 aromatic heterocycles. The average Bonchev–Trinajstić information content (AvgIpc) is 2.03. The molecule has 9 heteroatoms. The number of rotatable bonds is 4. The predicted octanol–water partition coefficient (Wildman–Crippen LogP) is 0.794. The summed E-state index contributed by atoms with van der Waals surface area (Å²) in [6.45, 7) is 0.696. The maximum atomic E-state index is 8.77. The SMILES string of the molecule is O=C(O)Cl.O=C(O)Cl.OCCOCCO. The Hall–Kier alpha value is -0.600. The van der Waals surface area contributed by atoms with Gasteiger partial charge in [0.15, 0.2) is 0 Å². The zero-order chi connectivity index (χ0) is 12.7. The maximum Gasteiger partial charge on any atom is 0.401 e. The molecule has 0 aromatic carbocycles. The Morgan fingerprint density at radius 2 is 1.13 bits per heavy atom. The number of ether oxygens (including phenoxy) is 1. The summed E-state index contributed by atoms with van der Waals surface area (Å²) in [7, 11) is 0. The number of aliphatic hydroxyl groups is 2. The third-order valence-electron chi connectivity index (χ3n) is 0.471. The molecule has 0 fully saturated rings. The largest absolute Gasteiger partial charge is 0.469 e. The Morgan fingerprint density at radius 3 is 1.27 bits per heavy atom. The van der Waals surface area contributed by atoms with E-state index in [9.17, 15) is 0 Å². The zero-order valence-electron chi connectivity index (χ0n) is 7.60. The quantitative estimate of drug-likeness (QED) is 0.438. The van der Waals surface area contributed by atoms with Crippen LogP contribution >= 0.6 is 23.2 Å². The molecule has 0 aliphatic rings. The predicted molar refractivity (Wildman–Crippen MR) is 52.7 cm³/mol. The lowest BCUT2D eigenvalue weighted by molar-refractivity contribution is 0.0650. The van der Waals surface area contributed by atoms with Crippen molar-refractivity contribution in [2.24, 2.45) is 0 Å². The van der Waals surface area contributed by atoms with Gasteiger partial charge in [-0.15, -0.1) is 0 Å². The van der Waals surface area contributed by atoms with Gasteiger partial charge in [0.25, 0.3) is 0 Å². The standard InChI is InChI=1S/C4H10O3.2CHClO2/c5-1-3-7-4-2-6;2*2-1(3)4/h5-6H,1-4H2;2*(H,3,4). The van der Waals surface area contributed by atoms with E-state index in [1.807, 2.05) is 0 Å². The molecule has 0 amide bonds. The number of hydrogen-bond acceptors (Lipinski definition) is 5. The molecule has 0 aromatic rings. The maximum absolute atomic E-state index is 8.77. The lowest BCUT2D eigenvalue weighted by Gasteiger charge is -1.94. The highest BCUT2D eigenvalue weighted by molar-refractivity contribution is 6.60. The molecule has 15 heavy (non-hydrogen) atoms. The van der Waals surface area contributed by atoms with Gasteiger partial charge in [0.05, 0.1) is 26.4 Å². The molecule has 92 valence electrons. The smallest absolute Gasteiger partial charge is 0.401 e. The molecule has 0 radical (unpaired) electrons. The highest BCUT2D eigenvalue weighted by Crippen LogP contribution is 1.68. The van der Waals surface area contributed by atoms with Crippen molar-refractivity contribution >= 4 is 34.1 Å². The number of aliphatic hydroxyl groups excluding tert-OH is 2. The molecule has 0 saturated heterocycles. The van der Waals surface area contributed by atoms with Crippen molar-refractivity contribution in [3.63, 3.8) is 0 Å². The molecule has 0 heterocycles. The van der Waals surface area contributed by atoms with Crippen molar-refractivity contribution in [1.29, 1.82) is 0 Å². The summed E-state index contributed by atoms with van der Waals surface area (Å²) >= 11 is 8.38. The first-order valence-corrected chi connectivity index (χ1v) is 4.20. The third kappa shape index (κ3) is 151. The summed E-state index contributed by atoms with van der Waals surface area (Å²) in [5.41, 5.74) is -2.72. The fraction of sp³-hybridized carbons (Fsp3) is 0.667. The van der Waals surface area contributed by atoms with E-state index in [1.165, 1.54) is 0 Å². The zero-order valence-corrected chi connectivity index (χ0v) is 9.11. The minimum absolute atomic E-state index is 0.0278. The first-order valence-electron chi connectivity index (χ1n) is 3.44. The van der Waals surface area contributed by atoms with Crippen LogP contribution in [0.15, 0.2) is 0 Å². The van der Waals surface area contributed by atoms with Crippen LogP contribution in [0.4, 0.5) is 9.59 Å². The second-order valence-electron chi connectivity index (χ2n) is 1.57. The fourth-order valence-electron chi connectivity index (χ4n) is 0.231. The number of halogens is 2. The highest BCUT2D eigenvalue weighted by atomic mass is 35.5. The van der Waals surface area contributed by atoms with E-state index in [0.29, 0.717) is 13.2 Å². The van der Waals surface area contributed by atoms with Crippen LogP contribution in [0.3, 0.4) is 0 Å². The first kappa shape index (κ1) is 19.9. The van der Waals surface area contributed by atoms with Crippen LogP contribution in [0.25, 0.3) is 0 Å². The van der Waals surface area contributed by atoms with Crippen LogP contribution in [0, 0.1) is 0 Å². The number of hydrogen-bond donors (Lipinski definition) is 4. The summed E-state index contributed by atoms with van der Waals surface area (Å²) in [6.07, 6.45) is 0. The Morgan fingerprint density at radius 1 is 0.933 bits per heavy atom. The minimum Gasteiger partial charge on any atom is -0.469 e. The van der Waals surface area contributed by atoms with Gasteiger partial charge >= 0.3 is 10.9 Å². The summed E-state index contributed by atoms with van der Waals surface area (Å²) < 4.78 is 4.63. The molecule has 0 saturated carbocycles. The molecule has 0 spiro atoms. The van der Waals surface area contributed by atoms with E-state index < -0.39 is 10.9 Å². The van der Waals surface area contributed by atoms with E-state index >= 15 is 0 Å². The Bertz CT molecular complexity index is 128. The molecule has 0 unspecified atom stereocenters. The van der Waals surface area contributed by atoms with Crippen LogP contribution in [0.5, 0.6) is 0 Å². The van der Waals surface area contributed by atoms with Crippen molar-refractivity contribution in [2.45, 2.75) is 0 Å². The van der Waals surface area contributed by atoms with Crippen molar-refractivity contribution < 1.29 is 34.8 Å².